The summed E-state index contributed by atoms with van der Waals surface area (Å²) in [6.07, 6.45) is 4.30. The van der Waals surface area contributed by atoms with Crippen molar-refractivity contribution in [3.63, 3.8) is 0 Å². The first-order valence-electron chi connectivity index (χ1n) is 7.34. The van der Waals surface area contributed by atoms with E-state index in [9.17, 15) is 5.11 Å². The zero-order valence-corrected chi connectivity index (χ0v) is 12.5. The van der Waals surface area contributed by atoms with Crippen LogP contribution in [-0.4, -0.2) is 38.0 Å². The smallest absolute Gasteiger partial charge is 0.163 e. The number of aromatic nitrogens is 4. The first-order chi connectivity index (χ1) is 10.8. The van der Waals surface area contributed by atoms with Gasteiger partial charge in [-0.15, -0.1) is 0 Å². The lowest BCUT2D eigenvalue weighted by Gasteiger charge is -2.11. The SMILES string of the molecule is CNc1ncnc2c1cnn2CC(O)CCc1ccccc1. The summed E-state index contributed by atoms with van der Waals surface area (Å²) in [5.74, 6) is 0.745. The van der Waals surface area contributed by atoms with Gasteiger partial charge >= 0.3 is 0 Å². The standard InChI is InChI=1S/C16H19N5O/c1-17-15-14-9-20-21(16(14)19-11-18-15)10-13(22)8-7-12-5-3-2-4-6-12/h2-6,9,11,13,22H,7-8,10H2,1H3,(H,17,18,19). The molecular formula is C16H19N5O. The van der Waals surface area contributed by atoms with Gasteiger partial charge in [0, 0.05) is 7.05 Å². The molecule has 1 unspecified atom stereocenters. The highest BCUT2D eigenvalue weighted by atomic mass is 16.3. The minimum absolute atomic E-state index is 0.427. The molecule has 0 aliphatic rings. The Hall–Kier alpha value is -2.47. The fourth-order valence-corrected chi connectivity index (χ4v) is 2.49. The molecule has 22 heavy (non-hydrogen) atoms. The molecule has 0 radical (unpaired) electrons. The lowest BCUT2D eigenvalue weighted by Crippen LogP contribution is -2.18. The van der Waals surface area contributed by atoms with Crippen LogP contribution in [-0.2, 0) is 13.0 Å². The maximum absolute atomic E-state index is 10.2. The molecule has 3 rings (SSSR count). The van der Waals surface area contributed by atoms with E-state index in [-0.39, 0.29) is 0 Å². The first kappa shape index (κ1) is 14.5. The zero-order valence-electron chi connectivity index (χ0n) is 12.5. The van der Waals surface area contributed by atoms with Gasteiger partial charge in [-0.25, -0.2) is 14.6 Å². The Balaban J connectivity index is 1.68. The molecule has 0 saturated heterocycles. The highest BCUT2D eigenvalue weighted by Gasteiger charge is 2.12. The summed E-state index contributed by atoms with van der Waals surface area (Å²) in [6.45, 7) is 0.427. The van der Waals surface area contributed by atoms with Crippen molar-refractivity contribution in [3.8, 4) is 0 Å². The number of nitrogens with one attached hydrogen (secondary N) is 1. The van der Waals surface area contributed by atoms with Crippen LogP contribution in [0.4, 0.5) is 5.82 Å². The molecule has 0 spiro atoms. The van der Waals surface area contributed by atoms with E-state index in [1.165, 1.54) is 11.9 Å². The maximum Gasteiger partial charge on any atom is 0.163 e. The Labute approximate surface area is 128 Å². The van der Waals surface area contributed by atoms with Crippen LogP contribution in [0.25, 0.3) is 11.0 Å². The van der Waals surface area contributed by atoms with E-state index in [1.54, 1.807) is 10.9 Å². The number of nitrogens with zero attached hydrogens (tertiary/aromatic N) is 4. The normalized spacial score (nSPS) is 12.5. The number of aryl methyl sites for hydroxylation is 1. The van der Waals surface area contributed by atoms with Crippen molar-refractivity contribution in [2.75, 3.05) is 12.4 Å². The number of aliphatic hydroxyl groups is 1. The van der Waals surface area contributed by atoms with Crippen molar-refractivity contribution in [2.24, 2.45) is 0 Å². The predicted octanol–water partition coefficient (Wildman–Crippen LogP) is 1.86. The molecular weight excluding hydrogens is 278 g/mol. The number of anilines is 1. The van der Waals surface area contributed by atoms with Crippen LogP contribution >= 0.6 is 0 Å². The predicted molar refractivity (Wildman–Crippen MR) is 85.6 cm³/mol. The molecule has 2 heterocycles. The van der Waals surface area contributed by atoms with Crippen LogP contribution in [0.1, 0.15) is 12.0 Å². The number of fused-ring (bicyclic) bond motifs is 1. The lowest BCUT2D eigenvalue weighted by molar-refractivity contribution is 0.141. The van der Waals surface area contributed by atoms with Crippen molar-refractivity contribution < 1.29 is 5.11 Å². The Morgan fingerprint density at radius 2 is 2.05 bits per heavy atom. The fourth-order valence-electron chi connectivity index (χ4n) is 2.49. The first-order valence-corrected chi connectivity index (χ1v) is 7.34. The van der Waals surface area contributed by atoms with Crippen LogP contribution in [0.5, 0.6) is 0 Å². The second-order valence-electron chi connectivity index (χ2n) is 5.21. The van der Waals surface area contributed by atoms with Gasteiger partial charge in [0.1, 0.15) is 12.1 Å². The van der Waals surface area contributed by atoms with Gasteiger partial charge in [0.25, 0.3) is 0 Å². The molecule has 0 bridgehead atoms. The Morgan fingerprint density at radius 3 is 2.82 bits per heavy atom. The van der Waals surface area contributed by atoms with Gasteiger partial charge in [0.05, 0.1) is 24.2 Å². The summed E-state index contributed by atoms with van der Waals surface area (Å²) < 4.78 is 1.73. The van der Waals surface area contributed by atoms with Crippen molar-refractivity contribution in [3.05, 3.63) is 48.4 Å². The van der Waals surface area contributed by atoms with E-state index in [1.807, 2.05) is 25.2 Å². The number of rotatable bonds is 6. The molecule has 1 aromatic carbocycles. The molecule has 0 fully saturated rings. The average Bonchev–Trinajstić information content (AvgIpc) is 2.97. The molecule has 6 nitrogen and oxygen atoms in total. The van der Waals surface area contributed by atoms with Crippen molar-refractivity contribution in [2.45, 2.75) is 25.5 Å². The summed E-state index contributed by atoms with van der Waals surface area (Å²) in [5.41, 5.74) is 1.96. The third-order valence-corrected chi connectivity index (χ3v) is 3.66. The Kier molecular flexibility index (Phi) is 4.29. The van der Waals surface area contributed by atoms with E-state index >= 15 is 0 Å². The summed E-state index contributed by atoms with van der Waals surface area (Å²) in [7, 11) is 1.81. The van der Waals surface area contributed by atoms with Crippen molar-refractivity contribution in [1.82, 2.24) is 19.7 Å². The highest BCUT2D eigenvalue weighted by Crippen LogP contribution is 2.18. The van der Waals surface area contributed by atoms with Crippen LogP contribution in [0, 0.1) is 0 Å². The molecule has 0 saturated carbocycles. The zero-order chi connectivity index (χ0) is 15.4. The Morgan fingerprint density at radius 1 is 1.23 bits per heavy atom. The number of hydrogen-bond acceptors (Lipinski definition) is 5. The maximum atomic E-state index is 10.2. The molecule has 1 atom stereocenters. The molecule has 6 heteroatoms. The topological polar surface area (TPSA) is 75.9 Å². The van der Waals surface area contributed by atoms with Crippen molar-refractivity contribution >= 4 is 16.9 Å². The molecule has 0 aliphatic heterocycles. The highest BCUT2D eigenvalue weighted by molar-refractivity contribution is 5.85. The monoisotopic (exact) mass is 297 g/mol. The Bertz CT molecular complexity index is 741. The number of hydrogen-bond donors (Lipinski definition) is 2. The van der Waals surface area contributed by atoms with E-state index in [0.29, 0.717) is 13.0 Å². The van der Waals surface area contributed by atoms with Gasteiger partial charge in [-0.2, -0.15) is 5.10 Å². The fraction of sp³-hybridized carbons (Fsp3) is 0.312. The molecule has 114 valence electrons. The van der Waals surface area contributed by atoms with Crippen LogP contribution in [0.2, 0.25) is 0 Å². The largest absolute Gasteiger partial charge is 0.391 e. The van der Waals surface area contributed by atoms with E-state index in [4.69, 9.17) is 0 Å². The minimum Gasteiger partial charge on any atom is -0.391 e. The van der Waals surface area contributed by atoms with Gasteiger partial charge in [0.2, 0.25) is 0 Å². The van der Waals surface area contributed by atoms with Gasteiger partial charge in [0.15, 0.2) is 5.65 Å². The molecule has 3 aromatic rings. The summed E-state index contributed by atoms with van der Waals surface area (Å²) in [4.78, 5) is 8.42. The average molecular weight is 297 g/mol. The van der Waals surface area contributed by atoms with Crippen molar-refractivity contribution in [1.29, 1.82) is 0 Å². The van der Waals surface area contributed by atoms with E-state index in [2.05, 4.69) is 32.5 Å². The third kappa shape index (κ3) is 3.07. The summed E-state index contributed by atoms with van der Waals surface area (Å²) in [6, 6.07) is 10.2. The van der Waals surface area contributed by atoms with Gasteiger partial charge in [-0.3, -0.25) is 0 Å². The number of aliphatic hydroxyl groups excluding tert-OH is 1. The second kappa shape index (κ2) is 6.53. The molecule has 0 amide bonds. The molecule has 0 aliphatic carbocycles. The van der Waals surface area contributed by atoms with E-state index in [0.717, 1.165) is 23.3 Å². The van der Waals surface area contributed by atoms with Gasteiger partial charge in [-0.1, -0.05) is 30.3 Å². The number of benzene rings is 1. The summed E-state index contributed by atoms with van der Waals surface area (Å²) >= 11 is 0. The second-order valence-corrected chi connectivity index (χ2v) is 5.21. The van der Waals surface area contributed by atoms with E-state index < -0.39 is 6.10 Å². The van der Waals surface area contributed by atoms with Gasteiger partial charge in [-0.05, 0) is 18.4 Å². The van der Waals surface area contributed by atoms with Crippen LogP contribution in [0.3, 0.4) is 0 Å². The minimum atomic E-state index is -0.462. The molecule has 2 N–H and O–H groups in total. The third-order valence-electron chi connectivity index (χ3n) is 3.66. The lowest BCUT2D eigenvalue weighted by atomic mass is 10.1. The van der Waals surface area contributed by atoms with Gasteiger partial charge < -0.3 is 10.4 Å². The quantitative estimate of drug-likeness (QED) is 0.726. The van der Waals surface area contributed by atoms with Crippen LogP contribution in [0.15, 0.2) is 42.9 Å². The summed E-state index contributed by atoms with van der Waals surface area (Å²) in [5, 5.41) is 18.4. The molecule has 2 aromatic heterocycles. The van der Waals surface area contributed by atoms with Crippen LogP contribution < -0.4 is 5.32 Å².